The van der Waals surface area contributed by atoms with Gasteiger partial charge in [0.05, 0.1) is 52.2 Å². The minimum Gasteiger partial charge on any atom is -0.459 e. The van der Waals surface area contributed by atoms with E-state index in [0.717, 1.165) is 0 Å². The standard InChI is InChI=1S/C63H53N3O18/c64-66-65-36-37-74-62-53(83-60(72)45-32-18-6-19-33-45)51(81-58(70)43-28-14-4-15-29-43)50(80-57(69)42-26-12-3-13-27-42)48(77-62)39-76-63-54(84-61(73)46-34-20-7-21-35-46)52(82-59(71)44-30-16-5-17-31-44)49(79-56(68)41-24-10-2-11-25-41)47(78-63)38-75-55(67)40-22-8-1-9-23-40/h1-35,47-54,62-63H,36-39H2/t47-,48-,49-,50-,51+,52+,53+,54+,62+,63-/m1/s1. The number of nitrogens with zero attached hydrogens (tertiary/aromatic N) is 3. The summed E-state index contributed by atoms with van der Waals surface area (Å²) in [7, 11) is 0. The van der Waals surface area contributed by atoms with Gasteiger partial charge in [-0.3, -0.25) is 0 Å². The molecule has 2 aliphatic rings. The molecule has 0 aromatic heterocycles. The summed E-state index contributed by atoms with van der Waals surface area (Å²) in [6.45, 7) is -2.13. The van der Waals surface area contributed by atoms with Crippen LogP contribution in [-0.2, 0) is 52.1 Å². The van der Waals surface area contributed by atoms with Crippen molar-refractivity contribution < 1.29 is 85.7 Å². The molecule has 2 saturated heterocycles. The van der Waals surface area contributed by atoms with Crippen molar-refractivity contribution in [2.24, 2.45) is 5.11 Å². The summed E-state index contributed by atoms with van der Waals surface area (Å²) in [6.07, 6.45) is -17.8. The number of ether oxygens (including phenoxy) is 11. The molecule has 428 valence electrons. The third kappa shape index (κ3) is 15.3. The van der Waals surface area contributed by atoms with Gasteiger partial charge < -0.3 is 52.1 Å². The van der Waals surface area contributed by atoms with Gasteiger partial charge in [-0.2, -0.15) is 0 Å². The molecule has 0 N–H and O–H groups in total. The van der Waals surface area contributed by atoms with E-state index in [1.165, 1.54) is 84.9 Å². The van der Waals surface area contributed by atoms with Gasteiger partial charge in [0.1, 0.15) is 18.8 Å². The molecule has 0 spiro atoms. The number of carbonyl (C=O) groups is 7. The minimum atomic E-state index is -1.92. The molecule has 84 heavy (non-hydrogen) atoms. The topological polar surface area (TPSA) is 270 Å². The Morgan fingerprint density at radius 1 is 0.345 bits per heavy atom. The van der Waals surface area contributed by atoms with Crippen molar-refractivity contribution in [1.82, 2.24) is 0 Å². The smallest absolute Gasteiger partial charge is 0.338 e. The second-order valence-corrected chi connectivity index (χ2v) is 18.6. The van der Waals surface area contributed by atoms with Crippen LogP contribution in [0, 0.1) is 0 Å². The van der Waals surface area contributed by atoms with Crippen LogP contribution in [0.2, 0.25) is 0 Å². The van der Waals surface area contributed by atoms with Crippen LogP contribution < -0.4 is 0 Å². The molecule has 21 heteroatoms. The molecule has 0 unspecified atom stereocenters. The fourth-order valence-corrected chi connectivity index (χ4v) is 8.95. The Morgan fingerprint density at radius 3 is 0.917 bits per heavy atom. The van der Waals surface area contributed by atoms with Crippen LogP contribution in [0.4, 0.5) is 0 Å². The van der Waals surface area contributed by atoms with Crippen molar-refractivity contribution in [2.75, 3.05) is 26.4 Å². The fraction of sp³-hybridized carbons (Fsp3) is 0.222. The zero-order chi connectivity index (χ0) is 58.6. The van der Waals surface area contributed by atoms with Crippen molar-refractivity contribution >= 4 is 41.8 Å². The Hall–Kier alpha value is -10.0. The van der Waals surface area contributed by atoms with Crippen LogP contribution in [0.5, 0.6) is 0 Å². The highest BCUT2D eigenvalue weighted by molar-refractivity contribution is 5.93. The van der Waals surface area contributed by atoms with Crippen LogP contribution in [0.1, 0.15) is 72.5 Å². The molecule has 0 bridgehead atoms. The first-order valence-corrected chi connectivity index (χ1v) is 26.4. The Bertz CT molecular complexity index is 3380. The van der Waals surface area contributed by atoms with Gasteiger partial charge in [0.2, 0.25) is 0 Å². The third-order valence-corrected chi connectivity index (χ3v) is 13.0. The molecular formula is C63H53N3O18. The maximum atomic E-state index is 14.4. The number of carbonyl (C=O) groups excluding carboxylic acids is 7. The summed E-state index contributed by atoms with van der Waals surface area (Å²) < 4.78 is 69.0. The van der Waals surface area contributed by atoms with Crippen LogP contribution in [0.3, 0.4) is 0 Å². The number of hydrogen-bond acceptors (Lipinski definition) is 19. The maximum absolute atomic E-state index is 14.4. The molecule has 7 aromatic rings. The predicted octanol–water partition coefficient (Wildman–Crippen LogP) is 8.99. The number of benzene rings is 7. The Kier molecular flexibility index (Phi) is 20.3. The molecule has 0 amide bonds. The molecule has 21 nitrogen and oxygen atoms in total. The van der Waals surface area contributed by atoms with Crippen LogP contribution in [0.25, 0.3) is 10.4 Å². The van der Waals surface area contributed by atoms with Crippen LogP contribution in [-0.4, -0.2) is 130 Å². The average Bonchev–Trinajstić information content (AvgIpc) is 2.16. The van der Waals surface area contributed by atoms with E-state index < -0.39 is 116 Å². The zero-order valence-electron chi connectivity index (χ0n) is 44.5. The van der Waals surface area contributed by atoms with E-state index in [1.807, 2.05) is 0 Å². The van der Waals surface area contributed by atoms with Gasteiger partial charge in [-0.15, -0.1) is 0 Å². The van der Waals surface area contributed by atoms with E-state index >= 15 is 0 Å². The van der Waals surface area contributed by atoms with E-state index in [1.54, 1.807) is 127 Å². The Labute approximate surface area is 480 Å². The van der Waals surface area contributed by atoms with E-state index in [2.05, 4.69) is 10.0 Å². The average molecular weight is 1140 g/mol. The first-order chi connectivity index (χ1) is 41.0. The summed E-state index contributed by atoms with van der Waals surface area (Å²) in [5.74, 6) is -6.62. The van der Waals surface area contributed by atoms with E-state index in [9.17, 15) is 33.6 Å². The molecule has 2 heterocycles. The Balaban J connectivity index is 1.15. The minimum absolute atomic E-state index is 0.0181. The third-order valence-electron chi connectivity index (χ3n) is 13.0. The van der Waals surface area contributed by atoms with Gasteiger partial charge in [0, 0.05) is 11.5 Å². The first kappa shape index (κ1) is 58.6. The highest BCUT2D eigenvalue weighted by Crippen LogP contribution is 2.35. The lowest BCUT2D eigenvalue weighted by Crippen LogP contribution is -2.65. The lowest BCUT2D eigenvalue weighted by molar-refractivity contribution is -0.327. The van der Waals surface area contributed by atoms with E-state index in [-0.39, 0.29) is 52.1 Å². The van der Waals surface area contributed by atoms with Gasteiger partial charge in [-0.05, 0) is 90.5 Å². The number of rotatable bonds is 22. The highest BCUT2D eigenvalue weighted by atomic mass is 16.8. The molecule has 10 atom stereocenters. The molecule has 0 radical (unpaired) electrons. The van der Waals surface area contributed by atoms with Crippen molar-refractivity contribution in [2.45, 2.75) is 61.4 Å². The van der Waals surface area contributed by atoms with Gasteiger partial charge in [-0.25, -0.2) is 33.6 Å². The van der Waals surface area contributed by atoms with E-state index in [0.29, 0.717) is 0 Å². The molecule has 2 aliphatic heterocycles. The molecule has 2 fully saturated rings. The predicted molar refractivity (Wildman–Crippen MR) is 294 cm³/mol. The highest BCUT2D eigenvalue weighted by Gasteiger charge is 2.57. The maximum Gasteiger partial charge on any atom is 0.338 e. The second kappa shape index (κ2) is 29.1. The van der Waals surface area contributed by atoms with Crippen molar-refractivity contribution in [3.63, 3.8) is 0 Å². The van der Waals surface area contributed by atoms with Gasteiger partial charge >= 0.3 is 41.8 Å². The van der Waals surface area contributed by atoms with Crippen molar-refractivity contribution in [3.8, 4) is 0 Å². The number of hydrogen-bond donors (Lipinski definition) is 0. The normalized spacial score (nSPS) is 21.6. The SMILES string of the molecule is [N-]=[N+]=NCCO[C@H]1O[C@H](CO[C@@H]2O[C@H](COC(=O)c3ccccc3)[C@@H](OC(=O)c3ccccc3)[C@H](OC(=O)c3ccccc3)[C@@H]2OC(=O)c2ccccc2)[C@@H](OC(=O)c2ccccc2)[C@H](OC(=O)c2ccccc2)[C@@H]1OC(=O)c1ccccc1. The Morgan fingerprint density at radius 2 is 0.607 bits per heavy atom. The zero-order valence-corrected chi connectivity index (χ0v) is 44.5. The molecule has 9 rings (SSSR count). The summed E-state index contributed by atoms with van der Waals surface area (Å²) in [5, 5.41) is 3.55. The monoisotopic (exact) mass is 1140 g/mol. The van der Waals surface area contributed by atoms with Gasteiger partial charge in [-0.1, -0.05) is 133 Å². The van der Waals surface area contributed by atoms with Crippen molar-refractivity contribution in [3.05, 3.63) is 262 Å². The van der Waals surface area contributed by atoms with Gasteiger partial charge in [0.15, 0.2) is 49.2 Å². The summed E-state index contributed by atoms with van der Waals surface area (Å²) in [5.41, 5.74) is 9.54. The van der Waals surface area contributed by atoms with E-state index in [4.69, 9.17) is 57.6 Å². The van der Waals surface area contributed by atoms with Crippen LogP contribution >= 0.6 is 0 Å². The van der Waals surface area contributed by atoms with Gasteiger partial charge in [0.25, 0.3) is 0 Å². The van der Waals surface area contributed by atoms with Crippen molar-refractivity contribution in [1.29, 1.82) is 0 Å². The molecule has 7 aromatic carbocycles. The quantitative estimate of drug-likeness (QED) is 0.0153. The fourth-order valence-electron chi connectivity index (χ4n) is 8.95. The number of azide groups is 1. The lowest BCUT2D eigenvalue weighted by atomic mass is 9.96. The first-order valence-electron chi connectivity index (χ1n) is 26.4. The second-order valence-electron chi connectivity index (χ2n) is 18.6. The summed E-state index contributed by atoms with van der Waals surface area (Å²) >= 11 is 0. The lowest BCUT2D eigenvalue weighted by Gasteiger charge is -2.46. The summed E-state index contributed by atoms with van der Waals surface area (Å²) in [6, 6.07) is 54.4. The largest absolute Gasteiger partial charge is 0.459 e. The molecule has 0 saturated carbocycles. The number of esters is 7. The van der Waals surface area contributed by atoms with Crippen LogP contribution in [0.15, 0.2) is 217 Å². The summed E-state index contributed by atoms with van der Waals surface area (Å²) in [4.78, 5) is 102. The molecular weight excluding hydrogens is 1090 g/mol. The molecule has 0 aliphatic carbocycles.